The predicted octanol–water partition coefficient (Wildman–Crippen LogP) is 0.696. The smallest absolute Gasteiger partial charge is 0.275 e. The van der Waals surface area contributed by atoms with E-state index in [-0.39, 0.29) is 11.9 Å². The Balaban J connectivity index is 1.16. The number of nitrogens with one attached hydrogen (secondary N) is 3. The molecule has 1 heterocycles. The van der Waals surface area contributed by atoms with Gasteiger partial charge in [-0.3, -0.25) is 4.79 Å². The van der Waals surface area contributed by atoms with Crippen LogP contribution in [0.15, 0.2) is 48.5 Å². The van der Waals surface area contributed by atoms with Gasteiger partial charge in [-0.2, -0.15) is 0 Å². The summed E-state index contributed by atoms with van der Waals surface area (Å²) in [5.41, 5.74) is 2.70. The Morgan fingerprint density at radius 3 is 2.57 bits per heavy atom. The molecule has 0 aromatic heterocycles. The average molecular weight is 430 g/mol. The standard InChI is InChI=1S/C24H30ClN3O2/c25-20-8-10-21(11-9-20)30-17-16-27-12-14-28(15-13-27)18-24(29)26-23-7-3-5-19-4-1-2-6-22(19)23/h1-2,4,6,8-11,23H,3,5,7,12-18H2,(H,26,29)/p+2/t23-/m0/s1. The molecular weight excluding hydrogens is 398 g/mol. The molecule has 5 nitrogen and oxygen atoms in total. The van der Waals surface area contributed by atoms with Crippen molar-refractivity contribution in [1.82, 2.24) is 5.32 Å². The Labute approximate surface area is 184 Å². The molecule has 160 valence electrons. The first-order chi connectivity index (χ1) is 14.7. The molecule has 1 atom stereocenters. The maximum atomic E-state index is 12.7. The van der Waals surface area contributed by atoms with E-state index in [0.717, 1.165) is 62.8 Å². The van der Waals surface area contributed by atoms with Crippen molar-refractivity contribution in [3.8, 4) is 5.75 Å². The minimum Gasteiger partial charge on any atom is -0.488 e. The van der Waals surface area contributed by atoms with E-state index in [0.29, 0.717) is 13.2 Å². The lowest BCUT2D eigenvalue weighted by atomic mass is 9.88. The van der Waals surface area contributed by atoms with E-state index in [1.165, 1.54) is 16.0 Å². The molecule has 1 aliphatic heterocycles. The molecule has 3 N–H and O–H groups in total. The predicted molar refractivity (Wildman–Crippen MR) is 118 cm³/mol. The fourth-order valence-corrected chi connectivity index (χ4v) is 4.73. The third-order valence-electron chi connectivity index (χ3n) is 6.32. The third kappa shape index (κ3) is 5.75. The number of fused-ring (bicyclic) bond motifs is 1. The van der Waals surface area contributed by atoms with Gasteiger partial charge in [-0.1, -0.05) is 35.9 Å². The largest absolute Gasteiger partial charge is 0.488 e. The summed E-state index contributed by atoms with van der Waals surface area (Å²) in [5.74, 6) is 1.05. The molecule has 2 aromatic rings. The summed E-state index contributed by atoms with van der Waals surface area (Å²) in [6, 6.07) is 16.2. The molecule has 1 saturated heterocycles. The van der Waals surface area contributed by atoms with Gasteiger partial charge in [-0.15, -0.1) is 0 Å². The van der Waals surface area contributed by atoms with Gasteiger partial charge in [-0.25, -0.2) is 0 Å². The maximum Gasteiger partial charge on any atom is 0.275 e. The highest BCUT2D eigenvalue weighted by Crippen LogP contribution is 2.29. The summed E-state index contributed by atoms with van der Waals surface area (Å²) in [4.78, 5) is 15.6. The lowest BCUT2D eigenvalue weighted by molar-refractivity contribution is -1.01. The molecule has 4 rings (SSSR count). The Morgan fingerprint density at radius 1 is 1.03 bits per heavy atom. The first-order valence-electron chi connectivity index (χ1n) is 11.1. The highest BCUT2D eigenvalue weighted by molar-refractivity contribution is 6.30. The molecule has 0 bridgehead atoms. The van der Waals surface area contributed by atoms with E-state index in [1.54, 1.807) is 4.90 Å². The molecule has 0 unspecified atom stereocenters. The molecule has 30 heavy (non-hydrogen) atoms. The van der Waals surface area contributed by atoms with Gasteiger partial charge in [0.2, 0.25) is 0 Å². The number of rotatable bonds is 7. The number of carbonyl (C=O) groups excluding carboxylic acids is 1. The highest BCUT2D eigenvalue weighted by Gasteiger charge is 2.27. The van der Waals surface area contributed by atoms with Crippen molar-refractivity contribution in [2.24, 2.45) is 0 Å². The number of amides is 1. The molecule has 2 aromatic carbocycles. The molecular formula is C24H32ClN3O2+2. The zero-order chi connectivity index (χ0) is 20.8. The van der Waals surface area contributed by atoms with E-state index in [1.807, 2.05) is 24.3 Å². The molecule has 1 amide bonds. The van der Waals surface area contributed by atoms with Crippen LogP contribution in [-0.4, -0.2) is 51.8 Å². The van der Waals surface area contributed by atoms with Crippen molar-refractivity contribution >= 4 is 17.5 Å². The van der Waals surface area contributed by atoms with E-state index in [4.69, 9.17) is 16.3 Å². The zero-order valence-corrected chi connectivity index (χ0v) is 18.2. The summed E-state index contributed by atoms with van der Waals surface area (Å²) in [6.07, 6.45) is 3.32. The molecule has 0 spiro atoms. The van der Waals surface area contributed by atoms with Crippen molar-refractivity contribution in [3.63, 3.8) is 0 Å². The molecule has 1 fully saturated rings. The van der Waals surface area contributed by atoms with Gasteiger partial charge in [0, 0.05) is 5.02 Å². The van der Waals surface area contributed by atoms with E-state index < -0.39 is 0 Å². The van der Waals surface area contributed by atoms with Crippen molar-refractivity contribution < 1.29 is 19.3 Å². The quantitative estimate of drug-likeness (QED) is 0.606. The minimum atomic E-state index is 0.179. The number of halogens is 1. The zero-order valence-electron chi connectivity index (χ0n) is 17.5. The third-order valence-corrected chi connectivity index (χ3v) is 6.57. The van der Waals surface area contributed by atoms with Crippen LogP contribution >= 0.6 is 11.6 Å². The lowest BCUT2D eigenvalue weighted by Crippen LogP contribution is -3.28. The summed E-state index contributed by atoms with van der Waals surface area (Å²) < 4.78 is 5.82. The number of benzene rings is 2. The monoisotopic (exact) mass is 429 g/mol. The van der Waals surface area contributed by atoms with E-state index >= 15 is 0 Å². The fraction of sp³-hybridized carbons (Fsp3) is 0.458. The molecule has 2 aliphatic rings. The van der Waals surface area contributed by atoms with Gasteiger partial charge in [0.25, 0.3) is 5.91 Å². The van der Waals surface area contributed by atoms with Gasteiger partial charge in [-0.05, 0) is 54.7 Å². The van der Waals surface area contributed by atoms with Crippen LogP contribution in [0, 0.1) is 0 Å². The first kappa shape index (κ1) is 21.2. The van der Waals surface area contributed by atoms with Crippen LogP contribution in [-0.2, 0) is 11.2 Å². The van der Waals surface area contributed by atoms with Crippen LogP contribution in [0.25, 0.3) is 0 Å². The number of quaternary nitrogens is 2. The number of ether oxygens (including phenoxy) is 1. The highest BCUT2D eigenvalue weighted by atomic mass is 35.5. The van der Waals surface area contributed by atoms with Gasteiger partial charge >= 0.3 is 0 Å². The normalized spacial score (nSPS) is 23.4. The van der Waals surface area contributed by atoms with E-state index in [2.05, 4.69) is 29.6 Å². The van der Waals surface area contributed by atoms with Gasteiger partial charge in [0.05, 0.1) is 6.04 Å². The van der Waals surface area contributed by atoms with Crippen molar-refractivity contribution in [2.45, 2.75) is 25.3 Å². The van der Waals surface area contributed by atoms with Crippen LogP contribution in [0.2, 0.25) is 5.02 Å². The number of aryl methyl sites for hydroxylation is 1. The van der Waals surface area contributed by atoms with Crippen LogP contribution in [0.4, 0.5) is 0 Å². The van der Waals surface area contributed by atoms with Crippen molar-refractivity contribution in [1.29, 1.82) is 0 Å². The molecule has 1 aliphatic carbocycles. The van der Waals surface area contributed by atoms with Crippen molar-refractivity contribution in [3.05, 3.63) is 64.7 Å². The summed E-state index contributed by atoms with van der Waals surface area (Å²) in [6.45, 7) is 6.50. The second-order valence-corrected chi connectivity index (χ2v) is 8.88. The number of piperazine rings is 1. The number of carbonyl (C=O) groups is 1. The topological polar surface area (TPSA) is 47.2 Å². The molecule has 0 saturated carbocycles. The second-order valence-electron chi connectivity index (χ2n) is 8.44. The fourth-order valence-electron chi connectivity index (χ4n) is 4.60. The Hall–Kier alpha value is -2.08. The Kier molecular flexibility index (Phi) is 7.26. The Morgan fingerprint density at radius 2 is 1.77 bits per heavy atom. The number of hydrogen-bond acceptors (Lipinski definition) is 2. The summed E-state index contributed by atoms with van der Waals surface area (Å²) in [5, 5.41) is 4.02. The molecule has 6 heteroatoms. The first-order valence-corrected chi connectivity index (χ1v) is 11.5. The average Bonchev–Trinajstić information content (AvgIpc) is 2.77. The SMILES string of the molecule is O=C(C[NH+]1CC[NH+](CCOc2ccc(Cl)cc2)CC1)N[C@H]1CCCc2ccccc21. The van der Waals surface area contributed by atoms with Crippen LogP contribution in [0.5, 0.6) is 5.75 Å². The molecule has 0 radical (unpaired) electrons. The van der Waals surface area contributed by atoms with Gasteiger partial charge in [0.15, 0.2) is 6.54 Å². The Bertz CT molecular complexity index is 835. The second kappa shape index (κ2) is 10.3. The van der Waals surface area contributed by atoms with Gasteiger partial charge in [0.1, 0.15) is 45.1 Å². The van der Waals surface area contributed by atoms with Crippen LogP contribution < -0.4 is 19.9 Å². The van der Waals surface area contributed by atoms with Crippen molar-refractivity contribution in [2.75, 3.05) is 45.9 Å². The van der Waals surface area contributed by atoms with Gasteiger partial charge < -0.3 is 19.9 Å². The number of hydrogen-bond donors (Lipinski definition) is 3. The lowest BCUT2D eigenvalue weighted by Gasteiger charge is -2.30. The summed E-state index contributed by atoms with van der Waals surface area (Å²) >= 11 is 5.90. The van der Waals surface area contributed by atoms with E-state index in [9.17, 15) is 4.79 Å². The summed E-state index contributed by atoms with van der Waals surface area (Å²) in [7, 11) is 0. The minimum absolute atomic E-state index is 0.179. The van der Waals surface area contributed by atoms with Crippen LogP contribution in [0.3, 0.4) is 0 Å². The van der Waals surface area contributed by atoms with Crippen LogP contribution in [0.1, 0.15) is 30.0 Å². The maximum absolute atomic E-state index is 12.7.